The van der Waals surface area contributed by atoms with Crippen molar-refractivity contribution < 1.29 is 0 Å². The van der Waals surface area contributed by atoms with Crippen molar-refractivity contribution in [1.29, 1.82) is 5.26 Å². The highest BCUT2D eigenvalue weighted by Crippen LogP contribution is 2.22. The number of nitrogens with one attached hydrogen (secondary N) is 1. The number of benzene rings is 2. The number of nitriles is 1. The standard InChI is InChI=1S/C14H12BrN3/c15-12-6-4-10(5-7-12)9-18-13-3-1-2-11(8-16)14(13)17/h1-7,18H,9,17H2. The van der Waals surface area contributed by atoms with Crippen LogP contribution in [-0.2, 0) is 6.54 Å². The van der Waals surface area contributed by atoms with E-state index in [9.17, 15) is 0 Å². The molecule has 0 aliphatic heterocycles. The van der Waals surface area contributed by atoms with Gasteiger partial charge in [-0.2, -0.15) is 5.26 Å². The second-order valence-electron chi connectivity index (χ2n) is 3.86. The van der Waals surface area contributed by atoms with E-state index in [1.54, 1.807) is 6.07 Å². The van der Waals surface area contributed by atoms with Gasteiger partial charge in [0.1, 0.15) is 6.07 Å². The zero-order valence-electron chi connectivity index (χ0n) is 9.65. The molecule has 0 aromatic heterocycles. The maximum Gasteiger partial charge on any atom is 0.101 e. The van der Waals surface area contributed by atoms with Crippen LogP contribution < -0.4 is 11.1 Å². The van der Waals surface area contributed by atoms with Crippen molar-refractivity contribution in [3.63, 3.8) is 0 Å². The Morgan fingerprint density at radius 2 is 1.89 bits per heavy atom. The molecule has 4 heteroatoms. The molecule has 0 aliphatic carbocycles. The molecule has 0 radical (unpaired) electrons. The van der Waals surface area contributed by atoms with E-state index in [1.807, 2.05) is 36.4 Å². The zero-order chi connectivity index (χ0) is 13.0. The van der Waals surface area contributed by atoms with Crippen molar-refractivity contribution in [2.45, 2.75) is 6.54 Å². The Balaban J connectivity index is 2.11. The average molecular weight is 302 g/mol. The van der Waals surface area contributed by atoms with Crippen LogP contribution in [0.1, 0.15) is 11.1 Å². The third-order valence-corrected chi connectivity index (χ3v) is 3.15. The van der Waals surface area contributed by atoms with E-state index in [0.717, 1.165) is 15.7 Å². The number of nitrogens with two attached hydrogens (primary N) is 1. The molecule has 0 atom stereocenters. The Morgan fingerprint density at radius 1 is 1.17 bits per heavy atom. The molecule has 0 aliphatic rings. The third kappa shape index (κ3) is 2.82. The molecule has 0 bridgehead atoms. The Bertz CT molecular complexity index is 585. The van der Waals surface area contributed by atoms with Crippen LogP contribution in [0.2, 0.25) is 0 Å². The first-order valence-corrected chi connectivity index (χ1v) is 6.27. The second kappa shape index (κ2) is 5.56. The second-order valence-corrected chi connectivity index (χ2v) is 4.77. The first-order valence-electron chi connectivity index (χ1n) is 5.47. The van der Waals surface area contributed by atoms with Gasteiger partial charge in [-0.1, -0.05) is 34.1 Å². The van der Waals surface area contributed by atoms with Crippen LogP contribution in [0.4, 0.5) is 11.4 Å². The van der Waals surface area contributed by atoms with Crippen LogP contribution >= 0.6 is 15.9 Å². The summed E-state index contributed by atoms with van der Waals surface area (Å²) >= 11 is 3.40. The molecule has 0 saturated carbocycles. The van der Waals surface area contributed by atoms with Crippen molar-refractivity contribution >= 4 is 27.3 Å². The monoisotopic (exact) mass is 301 g/mol. The van der Waals surface area contributed by atoms with Gasteiger partial charge in [0, 0.05) is 11.0 Å². The largest absolute Gasteiger partial charge is 0.396 e. The van der Waals surface area contributed by atoms with Crippen LogP contribution in [0, 0.1) is 11.3 Å². The van der Waals surface area contributed by atoms with Gasteiger partial charge in [0.15, 0.2) is 0 Å². The maximum absolute atomic E-state index is 8.90. The van der Waals surface area contributed by atoms with Crippen LogP contribution in [0.25, 0.3) is 0 Å². The fourth-order valence-corrected chi connectivity index (χ4v) is 1.88. The molecule has 0 unspecified atom stereocenters. The highest BCUT2D eigenvalue weighted by Gasteiger charge is 2.03. The SMILES string of the molecule is N#Cc1cccc(NCc2ccc(Br)cc2)c1N. The lowest BCUT2D eigenvalue weighted by Gasteiger charge is -2.10. The Morgan fingerprint density at radius 3 is 2.56 bits per heavy atom. The molecule has 0 spiro atoms. The van der Waals surface area contributed by atoms with Crippen molar-refractivity contribution in [2.75, 3.05) is 11.1 Å². The van der Waals surface area contributed by atoms with E-state index in [1.165, 1.54) is 0 Å². The van der Waals surface area contributed by atoms with Crippen LogP contribution in [0.5, 0.6) is 0 Å². The summed E-state index contributed by atoms with van der Waals surface area (Å²) in [7, 11) is 0. The van der Waals surface area contributed by atoms with Crippen molar-refractivity contribution in [3.05, 3.63) is 58.1 Å². The van der Waals surface area contributed by atoms with E-state index in [-0.39, 0.29) is 0 Å². The van der Waals surface area contributed by atoms with Gasteiger partial charge in [-0.15, -0.1) is 0 Å². The van der Waals surface area contributed by atoms with Gasteiger partial charge in [-0.25, -0.2) is 0 Å². The summed E-state index contributed by atoms with van der Waals surface area (Å²) in [6.45, 7) is 0.673. The van der Waals surface area contributed by atoms with Crippen LogP contribution in [0.3, 0.4) is 0 Å². The summed E-state index contributed by atoms with van der Waals surface area (Å²) in [6.07, 6.45) is 0. The highest BCUT2D eigenvalue weighted by atomic mass is 79.9. The molecule has 0 saturated heterocycles. The summed E-state index contributed by atoms with van der Waals surface area (Å²) in [6, 6.07) is 15.5. The number of para-hydroxylation sites is 1. The molecule has 2 rings (SSSR count). The van der Waals surface area contributed by atoms with Gasteiger partial charge in [-0.3, -0.25) is 0 Å². The smallest absolute Gasteiger partial charge is 0.101 e. The van der Waals surface area contributed by atoms with Crippen molar-refractivity contribution in [1.82, 2.24) is 0 Å². The number of nitrogens with zero attached hydrogens (tertiary/aromatic N) is 1. The van der Waals surface area contributed by atoms with Crippen LogP contribution in [-0.4, -0.2) is 0 Å². The van der Waals surface area contributed by atoms with Gasteiger partial charge in [0.2, 0.25) is 0 Å². The lowest BCUT2D eigenvalue weighted by molar-refractivity contribution is 1.15. The molecule has 3 N–H and O–H groups in total. The average Bonchev–Trinajstić information content (AvgIpc) is 2.39. The normalized spacial score (nSPS) is 9.78. The van der Waals surface area contributed by atoms with Gasteiger partial charge in [-0.05, 0) is 29.8 Å². The summed E-state index contributed by atoms with van der Waals surface area (Å²) < 4.78 is 1.05. The summed E-state index contributed by atoms with van der Waals surface area (Å²) in [4.78, 5) is 0. The van der Waals surface area contributed by atoms with Crippen molar-refractivity contribution in [2.24, 2.45) is 0 Å². The minimum Gasteiger partial charge on any atom is -0.396 e. The topological polar surface area (TPSA) is 61.8 Å². The van der Waals surface area contributed by atoms with E-state index in [2.05, 4.69) is 27.3 Å². The molecule has 0 amide bonds. The van der Waals surface area contributed by atoms with E-state index in [0.29, 0.717) is 17.8 Å². The van der Waals surface area contributed by atoms with Crippen molar-refractivity contribution in [3.8, 4) is 6.07 Å². The minimum absolute atomic E-state index is 0.496. The third-order valence-electron chi connectivity index (χ3n) is 2.62. The van der Waals surface area contributed by atoms with E-state index >= 15 is 0 Å². The van der Waals surface area contributed by atoms with Gasteiger partial charge in [0.05, 0.1) is 16.9 Å². The number of hydrogen-bond donors (Lipinski definition) is 2. The minimum atomic E-state index is 0.496. The molecular weight excluding hydrogens is 290 g/mol. The molecule has 90 valence electrons. The predicted molar refractivity (Wildman–Crippen MR) is 77.0 cm³/mol. The summed E-state index contributed by atoms with van der Waals surface area (Å²) in [5, 5.41) is 12.1. The number of hydrogen-bond acceptors (Lipinski definition) is 3. The first kappa shape index (κ1) is 12.5. The first-order chi connectivity index (χ1) is 8.70. The molecule has 2 aromatic rings. The van der Waals surface area contributed by atoms with Gasteiger partial charge < -0.3 is 11.1 Å². The predicted octanol–water partition coefficient (Wildman–Crippen LogP) is 3.52. The molecule has 0 heterocycles. The number of halogens is 1. The number of rotatable bonds is 3. The highest BCUT2D eigenvalue weighted by molar-refractivity contribution is 9.10. The van der Waals surface area contributed by atoms with E-state index in [4.69, 9.17) is 11.0 Å². The molecule has 18 heavy (non-hydrogen) atoms. The van der Waals surface area contributed by atoms with E-state index < -0.39 is 0 Å². The Kier molecular flexibility index (Phi) is 3.85. The Labute approximate surface area is 114 Å². The van der Waals surface area contributed by atoms with Gasteiger partial charge in [0.25, 0.3) is 0 Å². The van der Waals surface area contributed by atoms with Crippen LogP contribution in [0.15, 0.2) is 46.9 Å². The quantitative estimate of drug-likeness (QED) is 0.853. The lowest BCUT2D eigenvalue weighted by atomic mass is 10.1. The lowest BCUT2D eigenvalue weighted by Crippen LogP contribution is -2.03. The number of anilines is 2. The fourth-order valence-electron chi connectivity index (χ4n) is 1.62. The maximum atomic E-state index is 8.90. The number of nitrogen functional groups attached to an aromatic ring is 1. The zero-order valence-corrected chi connectivity index (χ0v) is 11.2. The fraction of sp³-hybridized carbons (Fsp3) is 0.0714. The molecule has 0 fully saturated rings. The molecule has 3 nitrogen and oxygen atoms in total. The summed E-state index contributed by atoms with van der Waals surface area (Å²) in [5.41, 5.74) is 8.82. The Hall–Kier alpha value is -1.99. The summed E-state index contributed by atoms with van der Waals surface area (Å²) in [5.74, 6) is 0. The molecule has 2 aromatic carbocycles. The van der Waals surface area contributed by atoms with Gasteiger partial charge >= 0.3 is 0 Å². The molecular formula is C14H12BrN3.